The molecule has 1 N–H and O–H groups in total. The predicted molar refractivity (Wildman–Crippen MR) is 68.8 cm³/mol. The first kappa shape index (κ1) is 14.7. The second-order valence-electron chi connectivity index (χ2n) is 3.28. The van der Waals surface area contributed by atoms with Crippen molar-refractivity contribution in [3.05, 3.63) is 34.1 Å². The van der Waals surface area contributed by atoms with Gasteiger partial charge in [-0.2, -0.15) is 0 Å². The zero-order valence-corrected chi connectivity index (χ0v) is 11.7. The number of carbonyl (C=O) groups is 1. The summed E-state index contributed by atoms with van der Waals surface area (Å²) in [5.41, 5.74) is -0.0880. The van der Waals surface area contributed by atoms with Crippen molar-refractivity contribution in [3.63, 3.8) is 0 Å². The number of hydrogen-bond acceptors (Lipinski definition) is 3. The largest absolute Gasteiger partial charge is 0.268 e. The van der Waals surface area contributed by atoms with Gasteiger partial charge in [0.05, 0.1) is 0 Å². The lowest BCUT2D eigenvalue weighted by atomic mass is 10.2. The number of amides is 1. The molecule has 96 valence electrons. The lowest BCUT2D eigenvalue weighted by Gasteiger charge is -2.05. The SMILES string of the molecule is CC#CCS(=O)(=O)NC(=O)c1cc(F)cc(Br)c1. The summed E-state index contributed by atoms with van der Waals surface area (Å²) in [6.07, 6.45) is 0. The number of sulfonamides is 1. The van der Waals surface area contributed by atoms with Crippen molar-refractivity contribution in [1.82, 2.24) is 4.72 Å². The summed E-state index contributed by atoms with van der Waals surface area (Å²) in [7, 11) is -3.83. The maximum absolute atomic E-state index is 13.0. The topological polar surface area (TPSA) is 63.2 Å². The van der Waals surface area contributed by atoms with Crippen molar-refractivity contribution >= 4 is 31.9 Å². The third-order valence-corrected chi connectivity index (χ3v) is 3.29. The van der Waals surface area contributed by atoms with Gasteiger partial charge in [-0.3, -0.25) is 4.79 Å². The molecule has 0 saturated carbocycles. The average molecular weight is 334 g/mol. The molecular weight excluding hydrogens is 325 g/mol. The molecule has 0 spiro atoms. The Hall–Kier alpha value is -1.39. The van der Waals surface area contributed by atoms with E-state index in [1.165, 1.54) is 13.0 Å². The van der Waals surface area contributed by atoms with Crippen molar-refractivity contribution in [1.29, 1.82) is 0 Å². The van der Waals surface area contributed by atoms with Crippen molar-refractivity contribution in [2.24, 2.45) is 0 Å². The van der Waals surface area contributed by atoms with E-state index >= 15 is 0 Å². The highest BCUT2D eigenvalue weighted by molar-refractivity contribution is 9.10. The average Bonchev–Trinajstić information content (AvgIpc) is 2.24. The molecule has 0 aromatic heterocycles. The second kappa shape index (κ2) is 5.98. The van der Waals surface area contributed by atoms with E-state index in [0.717, 1.165) is 12.1 Å². The number of rotatable bonds is 3. The van der Waals surface area contributed by atoms with Crippen LogP contribution in [0.1, 0.15) is 17.3 Å². The van der Waals surface area contributed by atoms with Crippen LogP contribution in [0.4, 0.5) is 4.39 Å². The molecule has 0 aliphatic rings. The second-order valence-corrected chi connectivity index (χ2v) is 5.91. The van der Waals surface area contributed by atoms with Crippen LogP contribution in [-0.2, 0) is 10.0 Å². The lowest BCUT2D eigenvalue weighted by Crippen LogP contribution is -2.32. The number of halogens is 2. The Balaban J connectivity index is 2.91. The van der Waals surface area contributed by atoms with Crippen LogP contribution < -0.4 is 4.72 Å². The van der Waals surface area contributed by atoms with Gasteiger partial charge in [-0.05, 0) is 25.1 Å². The smallest absolute Gasteiger partial charge is 0.264 e. The highest BCUT2D eigenvalue weighted by Crippen LogP contribution is 2.14. The molecule has 0 saturated heterocycles. The number of hydrogen-bond donors (Lipinski definition) is 1. The van der Waals surface area contributed by atoms with Gasteiger partial charge in [0.1, 0.15) is 11.6 Å². The van der Waals surface area contributed by atoms with E-state index in [0.29, 0.717) is 4.47 Å². The number of nitrogens with one attached hydrogen (secondary N) is 1. The normalized spacial score (nSPS) is 10.4. The van der Waals surface area contributed by atoms with Crippen LogP contribution in [0.2, 0.25) is 0 Å². The molecule has 4 nitrogen and oxygen atoms in total. The van der Waals surface area contributed by atoms with E-state index in [2.05, 4.69) is 27.8 Å². The highest BCUT2D eigenvalue weighted by atomic mass is 79.9. The molecule has 0 aliphatic heterocycles. The fourth-order valence-corrected chi connectivity index (χ4v) is 2.36. The van der Waals surface area contributed by atoms with Crippen molar-refractivity contribution in [2.75, 3.05) is 5.75 Å². The first-order chi connectivity index (χ1) is 8.34. The Morgan fingerprint density at radius 3 is 2.67 bits per heavy atom. The zero-order chi connectivity index (χ0) is 13.8. The molecule has 0 bridgehead atoms. The van der Waals surface area contributed by atoms with Gasteiger partial charge in [-0.15, -0.1) is 5.92 Å². The summed E-state index contributed by atoms with van der Waals surface area (Å²) in [4.78, 5) is 11.6. The Morgan fingerprint density at radius 1 is 1.44 bits per heavy atom. The van der Waals surface area contributed by atoms with E-state index in [-0.39, 0.29) is 5.56 Å². The van der Waals surface area contributed by atoms with Crippen molar-refractivity contribution in [2.45, 2.75) is 6.92 Å². The summed E-state index contributed by atoms with van der Waals surface area (Å²) in [5, 5.41) is 0. The van der Waals surface area contributed by atoms with Gasteiger partial charge >= 0.3 is 0 Å². The maximum Gasteiger partial charge on any atom is 0.264 e. The molecule has 1 amide bonds. The van der Waals surface area contributed by atoms with Crippen LogP contribution in [0.3, 0.4) is 0 Å². The van der Waals surface area contributed by atoms with Crippen LogP contribution in [0.15, 0.2) is 22.7 Å². The monoisotopic (exact) mass is 333 g/mol. The zero-order valence-electron chi connectivity index (χ0n) is 9.33. The molecule has 1 rings (SSSR count). The van der Waals surface area contributed by atoms with Crippen LogP contribution in [0.5, 0.6) is 0 Å². The van der Waals surface area contributed by atoms with Gasteiger partial charge < -0.3 is 0 Å². The fourth-order valence-electron chi connectivity index (χ4n) is 1.09. The molecule has 18 heavy (non-hydrogen) atoms. The summed E-state index contributed by atoms with van der Waals surface area (Å²) < 4.78 is 38.0. The van der Waals surface area contributed by atoms with Gasteiger partial charge in [0.25, 0.3) is 5.91 Å². The minimum absolute atomic E-state index is 0.0880. The molecule has 0 atom stereocenters. The van der Waals surface area contributed by atoms with Gasteiger partial charge in [-0.25, -0.2) is 17.5 Å². The fraction of sp³-hybridized carbons (Fsp3) is 0.182. The Kier molecular flexibility index (Phi) is 4.87. The van der Waals surface area contributed by atoms with Crippen LogP contribution in [-0.4, -0.2) is 20.1 Å². The van der Waals surface area contributed by atoms with Gasteiger partial charge in [0.15, 0.2) is 0 Å². The summed E-state index contributed by atoms with van der Waals surface area (Å²) in [6, 6.07) is 3.42. The third-order valence-electron chi connectivity index (χ3n) is 1.81. The Bertz CT molecular complexity index is 611. The molecule has 1 aromatic carbocycles. The van der Waals surface area contributed by atoms with Gasteiger partial charge in [0, 0.05) is 10.0 Å². The van der Waals surface area contributed by atoms with Crippen molar-refractivity contribution < 1.29 is 17.6 Å². The molecule has 1 aromatic rings. The molecule has 0 aliphatic carbocycles. The highest BCUT2D eigenvalue weighted by Gasteiger charge is 2.15. The van der Waals surface area contributed by atoms with Crippen LogP contribution >= 0.6 is 15.9 Å². The minimum atomic E-state index is -3.83. The number of carbonyl (C=O) groups excluding carboxylic acids is 1. The Labute approximate surface area is 113 Å². The summed E-state index contributed by atoms with van der Waals surface area (Å²) in [5.74, 6) is 2.72. The van der Waals surface area contributed by atoms with E-state index in [4.69, 9.17) is 0 Å². The minimum Gasteiger partial charge on any atom is -0.268 e. The maximum atomic E-state index is 13.0. The standard InChI is InChI=1S/C11H9BrFNO3S/c1-2-3-4-18(16,17)14-11(15)8-5-9(12)7-10(13)6-8/h5-7H,4H2,1H3,(H,14,15). The van der Waals surface area contributed by atoms with Crippen molar-refractivity contribution in [3.8, 4) is 11.8 Å². The van der Waals surface area contributed by atoms with E-state index in [1.54, 1.807) is 4.72 Å². The lowest BCUT2D eigenvalue weighted by molar-refractivity contribution is 0.0981. The Morgan fingerprint density at radius 2 is 2.11 bits per heavy atom. The first-order valence-corrected chi connectivity index (χ1v) is 7.19. The predicted octanol–water partition coefficient (Wildman–Crippen LogP) is 1.67. The van der Waals surface area contributed by atoms with E-state index in [1.807, 2.05) is 0 Å². The summed E-state index contributed by atoms with van der Waals surface area (Å²) in [6.45, 7) is 1.49. The molecular formula is C11H9BrFNO3S. The van der Waals surface area contributed by atoms with E-state index < -0.39 is 27.5 Å². The summed E-state index contributed by atoms with van der Waals surface area (Å²) >= 11 is 3.01. The van der Waals surface area contributed by atoms with Gasteiger partial charge in [-0.1, -0.05) is 21.9 Å². The third kappa shape index (κ3) is 4.47. The molecule has 0 radical (unpaired) electrons. The molecule has 0 heterocycles. The van der Waals surface area contributed by atoms with Gasteiger partial charge in [0.2, 0.25) is 10.0 Å². The molecule has 7 heteroatoms. The van der Waals surface area contributed by atoms with E-state index in [9.17, 15) is 17.6 Å². The molecule has 0 unspecified atom stereocenters. The first-order valence-electron chi connectivity index (χ1n) is 4.74. The quantitative estimate of drug-likeness (QED) is 0.856. The molecule has 0 fully saturated rings. The van der Waals surface area contributed by atoms with Crippen LogP contribution in [0, 0.1) is 17.7 Å². The van der Waals surface area contributed by atoms with Crippen LogP contribution in [0.25, 0.3) is 0 Å². The number of benzene rings is 1.